The van der Waals surface area contributed by atoms with Crippen LogP contribution in [-0.4, -0.2) is 11.1 Å². The van der Waals surface area contributed by atoms with Crippen LogP contribution in [0.25, 0.3) is 0 Å². The zero-order valence-corrected chi connectivity index (χ0v) is 15.0. The van der Waals surface area contributed by atoms with Gasteiger partial charge in [-0.15, -0.1) is 0 Å². The average Bonchev–Trinajstić information content (AvgIpc) is 3.00. The molecule has 0 fully saturated rings. The number of aromatic nitrogens is 1. The molecule has 0 saturated heterocycles. The second kappa shape index (κ2) is 8.45. The molecule has 0 atom stereocenters. The van der Waals surface area contributed by atoms with Gasteiger partial charge >= 0.3 is 0 Å². The van der Waals surface area contributed by atoms with Crippen molar-refractivity contribution in [1.29, 1.82) is 0 Å². The third-order valence-electron chi connectivity index (χ3n) is 4.12. The van der Waals surface area contributed by atoms with Gasteiger partial charge in [-0.2, -0.15) is 0 Å². The maximum atomic E-state index is 12.2. The number of rotatable bonds is 7. The van der Waals surface area contributed by atoms with Gasteiger partial charge in [-0.05, 0) is 30.5 Å². The average molecular weight is 350 g/mol. The van der Waals surface area contributed by atoms with E-state index in [1.807, 2.05) is 54.6 Å². The molecule has 0 spiro atoms. The molecule has 5 heteroatoms. The van der Waals surface area contributed by atoms with E-state index >= 15 is 0 Å². The van der Waals surface area contributed by atoms with Crippen LogP contribution in [0.1, 0.15) is 38.5 Å². The van der Waals surface area contributed by atoms with Gasteiger partial charge in [-0.1, -0.05) is 59.8 Å². The van der Waals surface area contributed by atoms with E-state index in [4.69, 9.17) is 9.26 Å². The van der Waals surface area contributed by atoms with E-state index in [9.17, 15) is 4.79 Å². The van der Waals surface area contributed by atoms with Crippen molar-refractivity contribution >= 4 is 5.91 Å². The van der Waals surface area contributed by atoms with E-state index in [0.717, 1.165) is 16.7 Å². The number of carbonyl (C=O) groups excluding carboxylic acids is 1. The monoisotopic (exact) mass is 350 g/mol. The highest BCUT2D eigenvalue weighted by molar-refractivity contribution is 5.96. The number of nitrogens with one attached hydrogen (secondary N) is 1. The Bertz CT molecular complexity index is 835. The van der Waals surface area contributed by atoms with Crippen molar-refractivity contribution in [3.05, 3.63) is 88.3 Å². The van der Waals surface area contributed by atoms with Gasteiger partial charge in [-0.25, -0.2) is 0 Å². The van der Waals surface area contributed by atoms with Crippen molar-refractivity contribution in [3.8, 4) is 0 Å². The molecule has 0 saturated carbocycles. The van der Waals surface area contributed by atoms with Gasteiger partial charge in [-0.3, -0.25) is 4.79 Å². The molecule has 0 unspecified atom stereocenters. The molecule has 3 aromatic rings. The van der Waals surface area contributed by atoms with Crippen LogP contribution in [-0.2, 0) is 24.5 Å². The molecule has 134 valence electrons. The van der Waals surface area contributed by atoms with Crippen molar-refractivity contribution in [2.75, 3.05) is 0 Å². The molecule has 1 heterocycles. The molecule has 0 bridgehead atoms. The van der Waals surface area contributed by atoms with Crippen molar-refractivity contribution in [2.24, 2.45) is 0 Å². The lowest BCUT2D eigenvalue weighted by Gasteiger charge is -2.07. The molecule has 5 nitrogen and oxygen atoms in total. The summed E-state index contributed by atoms with van der Waals surface area (Å²) in [5, 5.41) is 6.70. The van der Waals surface area contributed by atoms with E-state index in [0.29, 0.717) is 36.8 Å². The topological polar surface area (TPSA) is 64.4 Å². The Balaban J connectivity index is 1.48. The SMILES string of the molecule is Cc1noc(C)c1C(=O)NCc1ccc(COCc2ccccc2)cc1. The summed E-state index contributed by atoms with van der Waals surface area (Å²) in [5.41, 5.74) is 4.40. The van der Waals surface area contributed by atoms with Crippen LogP contribution < -0.4 is 5.32 Å². The summed E-state index contributed by atoms with van der Waals surface area (Å²) in [4.78, 5) is 12.2. The first-order valence-corrected chi connectivity index (χ1v) is 8.54. The normalized spacial score (nSPS) is 10.7. The van der Waals surface area contributed by atoms with E-state index < -0.39 is 0 Å². The first-order valence-electron chi connectivity index (χ1n) is 8.54. The first kappa shape index (κ1) is 17.9. The lowest BCUT2D eigenvalue weighted by atomic mass is 10.1. The quantitative estimate of drug-likeness (QED) is 0.701. The number of carbonyl (C=O) groups is 1. The van der Waals surface area contributed by atoms with Crippen LogP contribution in [0.2, 0.25) is 0 Å². The highest BCUT2D eigenvalue weighted by Gasteiger charge is 2.16. The number of nitrogens with zero attached hydrogens (tertiary/aromatic N) is 1. The highest BCUT2D eigenvalue weighted by atomic mass is 16.5. The summed E-state index contributed by atoms with van der Waals surface area (Å²) in [5.74, 6) is 0.363. The number of ether oxygens (including phenoxy) is 1. The minimum atomic E-state index is -0.170. The van der Waals surface area contributed by atoms with Gasteiger partial charge in [0.15, 0.2) is 0 Å². The molecule has 1 aromatic heterocycles. The summed E-state index contributed by atoms with van der Waals surface area (Å²) < 4.78 is 10.8. The van der Waals surface area contributed by atoms with Crippen LogP contribution in [0.5, 0.6) is 0 Å². The van der Waals surface area contributed by atoms with Gasteiger partial charge in [0.05, 0.1) is 18.9 Å². The molecule has 0 radical (unpaired) electrons. The fourth-order valence-corrected chi connectivity index (χ4v) is 2.69. The lowest BCUT2D eigenvalue weighted by Crippen LogP contribution is -2.23. The van der Waals surface area contributed by atoms with E-state index in [1.54, 1.807) is 13.8 Å². The van der Waals surface area contributed by atoms with Crippen molar-refractivity contribution in [2.45, 2.75) is 33.6 Å². The zero-order valence-electron chi connectivity index (χ0n) is 15.0. The number of benzene rings is 2. The molecule has 0 aliphatic rings. The standard InChI is InChI=1S/C21H22N2O3/c1-15-20(16(2)26-23-15)21(24)22-12-17-8-10-19(11-9-17)14-25-13-18-6-4-3-5-7-18/h3-11H,12-14H2,1-2H3,(H,22,24). The Morgan fingerprint density at radius 3 is 2.19 bits per heavy atom. The third kappa shape index (κ3) is 4.58. The van der Waals surface area contributed by atoms with Crippen molar-refractivity contribution in [1.82, 2.24) is 10.5 Å². The molecule has 0 aliphatic carbocycles. The number of hydrogen-bond donors (Lipinski definition) is 1. The Labute approximate surface area is 153 Å². The smallest absolute Gasteiger partial charge is 0.257 e. The minimum absolute atomic E-state index is 0.170. The highest BCUT2D eigenvalue weighted by Crippen LogP contribution is 2.13. The molecule has 3 rings (SSSR count). The molecule has 2 aromatic carbocycles. The molecule has 1 N–H and O–H groups in total. The summed E-state index contributed by atoms with van der Waals surface area (Å²) in [7, 11) is 0. The van der Waals surface area contributed by atoms with Crippen LogP contribution in [0.15, 0.2) is 59.1 Å². The largest absolute Gasteiger partial charge is 0.372 e. The lowest BCUT2D eigenvalue weighted by molar-refractivity contribution is 0.0948. The van der Waals surface area contributed by atoms with Crippen LogP contribution >= 0.6 is 0 Å². The predicted octanol–water partition coefficient (Wildman–Crippen LogP) is 3.94. The fourth-order valence-electron chi connectivity index (χ4n) is 2.69. The number of aryl methyl sites for hydroxylation is 2. The van der Waals surface area contributed by atoms with E-state index in [1.165, 1.54) is 0 Å². The maximum Gasteiger partial charge on any atom is 0.257 e. The molecular formula is C21H22N2O3. The van der Waals surface area contributed by atoms with Gasteiger partial charge in [0.25, 0.3) is 5.91 Å². The molecule has 0 aliphatic heterocycles. The summed E-state index contributed by atoms with van der Waals surface area (Å²) in [6.45, 7) is 5.10. The summed E-state index contributed by atoms with van der Waals surface area (Å²) in [6.07, 6.45) is 0. The maximum absolute atomic E-state index is 12.2. The second-order valence-electron chi connectivity index (χ2n) is 6.18. The van der Waals surface area contributed by atoms with Gasteiger partial charge in [0.2, 0.25) is 0 Å². The summed E-state index contributed by atoms with van der Waals surface area (Å²) in [6, 6.07) is 18.1. The van der Waals surface area contributed by atoms with E-state index in [2.05, 4.69) is 10.5 Å². The predicted molar refractivity (Wildman–Crippen MR) is 98.5 cm³/mol. The van der Waals surface area contributed by atoms with Crippen molar-refractivity contribution in [3.63, 3.8) is 0 Å². The van der Waals surface area contributed by atoms with Crippen LogP contribution in [0, 0.1) is 13.8 Å². The number of amides is 1. The Morgan fingerprint density at radius 2 is 1.58 bits per heavy atom. The second-order valence-corrected chi connectivity index (χ2v) is 6.18. The summed E-state index contributed by atoms with van der Waals surface area (Å²) >= 11 is 0. The van der Waals surface area contributed by atoms with Gasteiger partial charge in [0.1, 0.15) is 11.3 Å². The Morgan fingerprint density at radius 1 is 0.962 bits per heavy atom. The van der Waals surface area contributed by atoms with Crippen molar-refractivity contribution < 1.29 is 14.1 Å². The molecule has 26 heavy (non-hydrogen) atoms. The van der Waals surface area contributed by atoms with Gasteiger partial charge < -0.3 is 14.6 Å². The minimum Gasteiger partial charge on any atom is -0.372 e. The fraction of sp³-hybridized carbons (Fsp3) is 0.238. The Kier molecular flexibility index (Phi) is 5.81. The Hall–Kier alpha value is -2.92. The first-order chi connectivity index (χ1) is 12.6. The van der Waals surface area contributed by atoms with Crippen LogP contribution in [0.4, 0.5) is 0 Å². The van der Waals surface area contributed by atoms with Gasteiger partial charge in [0, 0.05) is 6.54 Å². The molecule has 1 amide bonds. The third-order valence-corrected chi connectivity index (χ3v) is 4.12. The van der Waals surface area contributed by atoms with Crippen LogP contribution in [0.3, 0.4) is 0 Å². The number of hydrogen-bond acceptors (Lipinski definition) is 4. The molecular weight excluding hydrogens is 328 g/mol. The zero-order chi connectivity index (χ0) is 18.4. The van der Waals surface area contributed by atoms with E-state index in [-0.39, 0.29) is 5.91 Å².